The van der Waals surface area contributed by atoms with Gasteiger partial charge in [0.2, 0.25) is 0 Å². The molecular weight excluding hydrogens is 466 g/mol. The fourth-order valence-electron chi connectivity index (χ4n) is 5.99. The zero-order valence-corrected chi connectivity index (χ0v) is 20.2. The highest BCUT2D eigenvalue weighted by molar-refractivity contribution is 7.23. The fourth-order valence-corrected chi connectivity index (χ4v) is 6.94. The standard InChI is InChI=1S/C26H24F2N6S/c1-10(2)21-19-23(17-14-8-31-9-15(14)17)33-34(11-3-4-11)24(19)20(28)22(32-21)12-5-6-16(27)25-18(12)13(7-29)26(30)35-25/h5-6,10-11,14-15,17,31H,3-4,8-9,30H2,1-2H3/t14-,15+,17?. The number of rotatable bonds is 4. The number of fused-ring (bicyclic) bond motifs is 3. The third kappa shape index (κ3) is 2.87. The Balaban J connectivity index is 1.55. The van der Waals surface area contributed by atoms with Gasteiger partial charge in [-0.2, -0.15) is 10.4 Å². The van der Waals surface area contributed by atoms with Crippen molar-refractivity contribution >= 4 is 37.3 Å². The number of nitrogen functional groups attached to an aromatic ring is 1. The van der Waals surface area contributed by atoms with Crippen LogP contribution in [0, 0.1) is 34.8 Å². The van der Waals surface area contributed by atoms with Crippen molar-refractivity contribution in [3.05, 3.63) is 40.7 Å². The summed E-state index contributed by atoms with van der Waals surface area (Å²) in [4.78, 5) is 4.88. The molecule has 4 heterocycles. The lowest BCUT2D eigenvalue weighted by Crippen LogP contribution is -2.14. The van der Waals surface area contributed by atoms with Crippen molar-refractivity contribution in [1.82, 2.24) is 20.1 Å². The van der Waals surface area contributed by atoms with E-state index in [1.54, 1.807) is 0 Å². The highest BCUT2D eigenvalue weighted by Crippen LogP contribution is 2.58. The Bertz CT molecular complexity index is 1580. The SMILES string of the molecule is CC(C)c1nc(-c2ccc(F)c3sc(N)c(C#N)c23)c(F)c2c1c(C1[C@H]3CNC[C@@H]13)nn2C1CC1. The summed E-state index contributed by atoms with van der Waals surface area (Å²) < 4.78 is 33.4. The molecule has 3 N–H and O–H groups in total. The molecule has 178 valence electrons. The minimum absolute atomic E-state index is 0.0306. The van der Waals surface area contributed by atoms with E-state index >= 15 is 4.39 Å². The number of halogens is 2. The molecule has 0 spiro atoms. The number of aromatic nitrogens is 3. The molecule has 2 saturated carbocycles. The smallest absolute Gasteiger partial charge is 0.175 e. The quantitative estimate of drug-likeness (QED) is 0.398. The van der Waals surface area contributed by atoms with Gasteiger partial charge in [0, 0.05) is 22.3 Å². The Morgan fingerprint density at radius 3 is 2.60 bits per heavy atom. The first kappa shape index (κ1) is 21.2. The van der Waals surface area contributed by atoms with E-state index in [1.807, 2.05) is 4.68 Å². The van der Waals surface area contributed by atoms with Gasteiger partial charge < -0.3 is 11.1 Å². The van der Waals surface area contributed by atoms with Crippen LogP contribution in [0.1, 0.15) is 61.5 Å². The zero-order chi connectivity index (χ0) is 24.2. The van der Waals surface area contributed by atoms with Gasteiger partial charge in [-0.05, 0) is 55.8 Å². The van der Waals surface area contributed by atoms with Crippen molar-refractivity contribution in [2.45, 2.75) is 44.6 Å². The van der Waals surface area contributed by atoms with Gasteiger partial charge in [0.15, 0.2) is 5.82 Å². The highest BCUT2D eigenvalue weighted by atomic mass is 32.1. The monoisotopic (exact) mass is 490 g/mol. The molecule has 0 amide bonds. The van der Waals surface area contributed by atoms with Gasteiger partial charge in [-0.15, -0.1) is 11.3 Å². The predicted molar refractivity (Wildman–Crippen MR) is 132 cm³/mol. The van der Waals surface area contributed by atoms with E-state index in [0.29, 0.717) is 34.2 Å². The Kier molecular flexibility index (Phi) is 4.37. The van der Waals surface area contributed by atoms with Crippen LogP contribution in [0.15, 0.2) is 12.1 Å². The number of nitrogens with two attached hydrogens (primary N) is 1. The normalized spacial score (nSPS) is 23.4. The van der Waals surface area contributed by atoms with Crippen LogP contribution in [-0.4, -0.2) is 27.9 Å². The van der Waals surface area contributed by atoms with Gasteiger partial charge in [-0.3, -0.25) is 4.68 Å². The van der Waals surface area contributed by atoms with Gasteiger partial charge >= 0.3 is 0 Å². The number of nitriles is 1. The molecule has 35 heavy (non-hydrogen) atoms. The van der Waals surface area contributed by atoms with Gasteiger partial charge in [0.25, 0.3) is 0 Å². The predicted octanol–water partition coefficient (Wildman–Crippen LogP) is 5.44. The lowest BCUT2D eigenvalue weighted by Gasteiger charge is -2.14. The number of pyridine rings is 1. The third-order valence-corrected chi connectivity index (χ3v) is 8.90. The molecule has 1 unspecified atom stereocenters. The van der Waals surface area contributed by atoms with E-state index in [9.17, 15) is 9.65 Å². The molecule has 1 aromatic carbocycles. The molecule has 0 radical (unpaired) electrons. The Hall–Kier alpha value is -3.09. The molecule has 9 heteroatoms. The van der Waals surface area contributed by atoms with Crippen LogP contribution in [0.5, 0.6) is 0 Å². The minimum atomic E-state index is -0.480. The zero-order valence-electron chi connectivity index (χ0n) is 19.4. The van der Waals surface area contributed by atoms with Crippen molar-refractivity contribution in [3.8, 4) is 17.3 Å². The van der Waals surface area contributed by atoms with Crippen LogP contribution >= 0.6 is 11.3 Å². The fraction of sp³-hybridized carbons (Fsp3) is 0.423. The number of hydrogen-bond acceptors (Lipinski definition) is 6. The van der Waals surface area contributed by atoms with Crippen LogP contribution in [0.25, 0.3) is 32.2 Å². The maximum Gasteiger partial charge on any atom is 0.175 e. The first-order valence-corrected chi connectivity index (χ1v) is 13.0. The number of nitrogens with zero attached hydrogens (tertiary/aromatic N) is 4. The number of nitrogens with one attached hydrogen (secondary N) is 1. The number of hydrogen-bond donors (Lipinski definition) is 2. The topological polar surface area (TPSA) is 92.5 Å². The number of anilines is 1. The molecule has 0 bridgehead atoms. The van der Waals surface area contributed by atoms with E-state index in [2.05, 4.69) is 25.2 Å². The average molecular weight is 491 g/mol. The van der Waals surface area contributed by atoms with Gasteiger partial charge in [-0.1, -0.05) is 13.8 Å². The summed E-state index contributed by atoms with van der Waals surface area (Å²) >= 11 is 1.01. The highest BCUT2D eigenvalue weighted by Gasteiger charge is 2.56. The van der Waals surface area contributed by atoms with Crippen molar-refractivity contribution < 1.29 is 8.78 Å². The number of benzene rings is 1. The van der Waals surface area contributed by atoms with Crippen LogP contribution in [0.2, 0.25) is 0 Å². The molecule has 3 aliphatic rings. The number of piperidine rings is 1. The lowest BCUT2D eigenvalue weighted by atomic mass is 9.97. The van der Waals surface area contributed by atoms with Crippen LogP contribution in [0.4, 0.5) is 13.8 Å². The van der Waals surface area contributed by atoms with Gasteiger partial charge in [0.05, 0.1) is 27.7 Å². The van der Waals surface area contributed by atoms with E-state index in [1.165, 1.54) is 12.1 Å². The maximum absolute atomic E-state index is 16.6. The Morgan fingerprint density at radius 2 is 1.94 bits per heavy atom. The van der Waals surface area contributed by atoms with E-state index in [0.717, 1.165) is 54.0 Å². The first-order chi connectivity index (χ1) is 16.9. The molecule has 3 atom stereocenters. The molecule has 7 rings (SSSR count). The molecule has 2 aliphatic carbocycles. The third-order valence-electron chi connectivity index (χ3n) is 7.87. The Morgan fingerprint density at radius 1 is 1.20 bits per heavy atom. The lowest BCUT2D eigenvalue weighted by molar-refractivity contribution is 0.593. The van der Waals surface area contributed by atoms with Crippen molar-refractivity contribution in [2.75, 3.05) is 18.8 Å². The van der Waals surface area contributed by atoms with Crippen molar-refractivity contribution in [3.63, 3.8) is 0 Å². The molecular formula is C26H24F2N6S. The van der Waals surface area contributed by atoms with Crippen LogP contribution in [0.3, 0.4) is 0 Å². The average Bonchev–Trinajstić information content (AvgIpc) is 3.65. The van der Waals surface area contributed by atoms with E-state index in [4.69, 9.17) is 15.8 Å². The summed E-state index contributed by atoms with van der Waals surface area (Å²) in [5.41, 5.74) is 9.01. The van der Waals surface area contributed by atoms with Gasteiger partial charge in [-0.25, -0.2) is 13.8 Å². The van der Waals surface area contributed by atoms with Crippen molar-refractivity contribution in [1.29, 1.82) is 5.26 Å². The summed E-state index contributed by atoms with van der Waals surface area (Å²) in [5.74, 6) is 0.525. The Labute approximate surface area is 204 Å². The second-order valence-corrected chi connectivity index (χ2v) is 11.4. The van der Waals surface area contributed by atoms with Gasteiger partial charge in [0.1, 0.15) is 28.1 Å². The summed E-state index contributed by atoms with van der Waals surface area (Å²) in [6.07, 6.45) is 1.95. The van der Waals surface area contributed by atoms with Crippen LogP contribution < -0.4 is 11.1 Å². The molecule has 3 fully saturated rings. The molecule has 3 aromatic heterocycles. The minimum Gasteiger partial charge on any atom is -0.389 e. The number of thiophene rings is 1. The molecule has 1 aliphatic heterocycles. The van der Waals surface area contributed by atoms with E-state index < -0.39 is 11.6 Å². The van der Waals surface area contributed by atoms with Crippen LogP contribution in [-0.2, 0) is 0 Å². The molecule has 1 saturated heterocycles. The van der Waals surface area contributed by atoms with Crippen molar-refractivity contribution in [2.24, 2.45) is 11.8 Å². The molecule has 6 nitrogen and oxygen atoms in total. The summed E-state index contributed by atoms with van der Waals surface area (Å²) in [6, 6.07) is 5.09. The summed E-state index contributed by atoms with van der Waals surface area (Å²) in [6.45, 7) is 6.06. The molecule has 4 aromatic rings. The second kappa shape index (κ2) is 7.21. The maximum atomic E-state index is 16.6. The van der Waals surface area contributed by atoms with E-state index in [-0.39, 0.29) is 32.9 Å². The summed E-state index contributed by atoms with van der Waals surface area (Å²) in [7, 11) is 0. The largest absolute Gasteiger partial charge is 0.389 e. The second-order valence-electron chi connectivity index (χ2n) is 10.4. The summed E-state index contributed by atoms with van der Waals surface area (Å²) in [5, 5.41) is 19.6. The first-order valence-electron chi connectivity index (χ1n) is 12.1.